The maximum Gasteiger partial charge on any atom is 0.334 e. The molecule has 1 fully saturated rings. The van der Waals surface area contributed by atoms with Crippen molar-refractivity contribution in [2.24, 2.45) is 5.92 Å². The maximum atomic E-state index is 11.7. The highest BCUT2D eigenvalue weighted by Crippen LogP contribution is 2.19. The van der Waals surface area contributed by atoms with E-state index in [9.17, 15) is 14.4 Å². The first kappa shape index (κ1) is 14.4. The molecule has 1 aliphatic rings. The fourth-order valence-electron chi connectivity index (χ4n) is 1.84. The number of carboxylic acids is 1. The lowest BCUT2D eigenvalue weighted by molar-refractivity contribution is -0.146. The number of rotatable bonds is 5. The van der Waals surface area contributed by atoms with Crippen molar-refractivity contribution in [3.05, 3.63) is 0 Å². The summed E-state index contributed by atoms with van der Waals surface area (Å²) < 4.78 is 0. The average molecular weight is 258 g/mol. The van der Waals surface area contributed by atoms with E-state index in [1.54, 1.807) is 4.90 Å². The van der Waals surface area contributed by atoms with Gasteiger partial charge in [-0.3, -0.25) is 9.59 Å². The van der Waals surface area contributed by atoms with Gasteiger partial charge in [-0.1, -0.05) is 0 Å². The molecule has 2 amide bonds. The van der Waals surface area contributed by atoms with Crippen LogP contribution in [0.2, 0.25) is 0 Å². The van der Waals surface area contributed by atoms with Crippen LogP contribution in [0.1, 0.15) is 20.3 Å². The van der Waals surface area contributed by atoms with Crippen LogP contribution in [0.15, 0.2) is 0 Å². The summed E-state index contributed by atoms with van der Waals surface area (Å²) >= 11 is 0. The second kappa shape index (κ2) is 5.81. The van der Waals surface area contributed by atoms with E-state index in [0.29, 0.717) is 6.54 Å². The zero-order valence-corrected chi connectivity index (χ0v) is 10.4. The minimum absolute atomic E-state index is 0.0416. The number of hydrogen-bond acceptors (Lipinski definition) is 4. The second-order valence-electron chi connectivity index (χ2n) is 4.64. The molecule has 0 aromatic heterocycles. The van der Waals surface area contributed by atoms with Crippen LogP contribution in [0, 0.1) is 5.92 Å². The monoisotopic (exact) mass is 258 g/mol. The molecule has 7 nitrogen and oxygen atoms in total. The van der Waals surface area contributed by atoms with E-state index in [0.717, 1.165) is 0 Å². The van der Waals surface area contributed by atoms with Crippen molar-refractivity contribution in [2.45, 2.75) is 32.4 Å². The van der Waals surface area contributed by atoms with Crippen molar-refractivity contribution in [3.63, 3.8) is 0 Å². The fraction of sp³-hybridized carbons (Fsp3) is 0.727. The van der Waals surface area contributed by atoms with Gasteiger partial charge in [0.2, 0.25) is 11.8 Å². The lowest BCUT2D eigenvalue weighted by Crippen LogP contribution is -2.40. The van der Waals surface area contributed by atoms with E-state index in [1.807, 2.05) is 13.8 Å². The van der Waals surface area contributed by atoms with E-state index < -0.39 is 23.9 Å². The lowest BCUT2D eigenvalue weighted by atomic mass is 10.1. The first-order valence-electron chi connectivity index (χ1n) is 5.81. The summed E-state index contributed by atoms with van der Waals surface area (Å²) in [6.45, 7) is 3.73. The number of likely N-dealkylation sites (tertiary alicyclic amines) is 1. The van der Waals surface area contributed by atoms with E-state index in [4.69, 9.17) is 10.2 Å². The first-order chi connectivity index (χ1) is 8.32. The van der Waals surface area contributed by atoms with Gasteiger partial charge in [-0.15, -0.1) is 0 Å². The van der Waals surface area contributed by atoms with E-state index in [-0.39, 0.29) is 24.9 Å². The van der Waals surface area contributed by atoms with Crippen LogP contribution in [-0.4, -0.2) is 58.1 Å². The Morgan fingerprint density at radius 1 is 1.50 bits per heavy atom. The van der Waals surface area contributed by atoms with Crippen LogP contribution in [0.25, 0.3) is 0 Å². The van der Waals surface area contributed by atoms with Gasteiger partial charge in [0.1, 0.15) is 0 Å². The van der Waals surface area contributed by atoms with Crippen LogP contribution in [0.5, 0.6) is 0 Å². The summed E-state index contributed by atoms with van der Waals surface area (Å²) in [6, 6.07) is 0.0416. The summed E-state index contributed by atoms with van der Waals surface area (Å²) in [5.74, 6) is -2.33. The van der Waals surface area contributed by atoms with Crippen molar-refractivity contribution in [1.29, 1.82) is 0 Å². The van der Waals surface area contributed by atoms with E-state index in [2.05, 4.69) is 5.32 Å². The Balaban J connectivity index is 2.45. The molecule has 18 heavy (non-hydrogen) atoms. The van der Waals surface area contributed by atoms with Gasteiger partial charge in [0.05, 0.1) is 12.5 Å². The highest BCUT2D eigenvalue weighted by molar-refractivity contribution is 5.89. The van der Waals surface area contributed by atoms with Gasteiger partial charge in [0.25, 0.3) is 0 Å². The molecule has 7 heteroatoms. The molecule has 0 bridgehead atoms. The SMILES string of the molecule is CC(C)N1CC(C(=O)NCC(O)C(=O)O)CC1=O. The molecule has 1 rings (SSSR count). The zero-order valence-electron chi connectivity index (χ0n) is 10.4. The van der Waals surface area contributed by atoms with Gasteiger partial charge >= 0.3 is 5.97 Å². The minimum atomic E-state index is -1.62. The van der Waals surface area contributed by atoms with Gasteiger partial charge in [-0.2, -0.15) is 0 Å². The number of nitrogens with one attached hydrogen (secondary N) is 1. The van der Waals surface area contributed by atoms with Crippen LogP contribution < -0.4 is 5.32 Å². The molecule has 2 unspecified atom stereocenters. The summed E-state index contributed by atoms with van der Waals surface area (Å²) in [4.78, 5) is 35.2. The third-order valence-electron chi connectivity index (χ3n) is 2.91. The van der Waals surface area contributed by atoms with Crippen LogP contribution in [-0.2, 0) is 14.4 Å². The third-order valence-corrected chi connectivity index (χ3v) is 2.91. The number of carbonyl (C=O) groups excluding carboxylic acids is 2. The standard InChI is InChI=1S/C11H18N2O5/c1-6(2)13-5-7(3-9(13)15)10(16)12-4-8(14)11(17)18/h6-8,14H,3-5H2,1-2H3,(H,12,16)(H,17,18). The summed E-state index contributed by atoms with van der Waals surface area (Å²) in [6.07, 6.45) is -1.49. The Morgan fingerprint density at radius 3 is 2.56 bits per heavy atom. The summed E-state index contributed by atoms with van der Waals surface area (Å²) in [7, 11) is 0. The predicted molar refractivity (Wildman–Crippen MR) is 61.6 cm³/mol. The number of hydrogen-bond donors (Lipinski definition) is 3. The maximum absolute atomic E-state index is 11.7. The largest absolute Gasteiger partial charge is 0.479 e. The molecule has 2 atom stereocenters. The predicted octanol–water partition coefficient (Wildman–Crippen LogP) is -1.19. The molecule has 0 aromatic carbocycles. The number of aliphatic hydroxyl groups excluding tert-OH is 1. The molecule has 0 spiro atoms. The van der Waals surface area contributed by atoms with Gasteiger partial charge < -0.3 is 20.4 Å². The van der Waals surface area contributed by atoms with Gasteiger partial charge in [0, 0.05) is 19.0 Å². The lowest BCUT2D eigenvalue weighted by Gasteiger charge is -2.20. The highest BCUT2D eigenvalue weighted by atomic mass is 16.4. The molecule has 0 radical (unpaired) electrons. The summed E-state index contributed by atoms with van der Waals surface area (Å²) in [5, 5.41) is 19.8. The molecule has 102 valence electrons. The number of carbonyl (C=O) groups is 3. The normalized spacial score (nSPS) is 21.2. The molecular formula is C11H18N2O5. The number of aliphatic hydroxyl groups is 1. The molecule has 1 aliphatic heterocycles. The second-order valence-corrected chi connectivity index (χ2v) is 4.64. The number of aliphatic carboxylic acids is 1. The third kappa shape index (κ3) is 3.43. The molecular weight excluding hydrogens is 240 g/mol. The zero-order chi connectivity index (χ0) is 13.9. The Hall–Kier alpha value is -1.63. The quantitative estimate of drug-likeness (QED) is 0.574. The van der Waals surface area contributed by atoms with Crippen molar-refractivity contribution in [1.82, 2.24) is 10.2 Å². The van der Waals surface area contributed by atoms with Gasteiger partial charge in [-0.25, -0.2) is 4.79 Å². The first-order valence-corrected chi connectivity index (χ1v) is 5.81. The van der Waals surface area contributed by atoms with Crippen LogP contribution in [0.3, 0.4) is 0 Å². The van der Waals surface area contributed by atoms with Crippen molar-refractivity contribution in [3.8, 4) is 0 Å². The Morgan fingerprint density at radius 2 is 2.11 bits per heavy atom. The summed E-state index contributed by atoms with van der Waals surface area (Å²) in [5.41, 5.74) is 0. The number of nitrogens with zero attached hydrogens (tertiary/aromatic N) is 1. The smallest absolute Gasteiger partial charge is 0.334 e. The highest BCUT2D eigenvalue weighted by Gasteiger charge is 2.35. The molecule has 1 heterocycles. The average Bonchev–Trinajstić information content (AvgIpc) is 2.67. The van der Waals surface area contributed by atoms with Crippen LogP contribution >= 0.6 is 0 Å². The fourth-order valence-corrected chi connectivity index (χ4v) is 1.84. The van der Waals surface area contributed by atoms with E-state index in [1.165, 1.54) is 0 Å². The minimum Gasteiger partial charge on any atom is -0.479 e. The van der Waals surface area contributed by atoms with Crippen LogP contribution in [0.4, 0.5) is 0 Å². The van der Waals surface area contributed by atoms with E-state index >= 15 is 0 Å². The Kier molecular flexibility index (Phi) is 4.66. The molecule has 0 saturated carbocycles. The molecule has 1 saturated heterocycles. The van der Waals surface area contributed by atoms with Gasteiger partial charge in [0.15, 0.2) is 6.10 Å². The van der Waals surface area contributed by atoms with Crippen molar-refractivity contribution in [2.75, 3.05) is 13.1 Å². The topological polar surface area (TPSA) is 107 Å². The number of amides is 2. The van der Waals surface area contributed by atoms with Crippen molar-refractivity contribution >= 4 is 17.8 Å². The molecule has 0 aliphatic carbocycles. The molecule has 0 aromatic rings. The Labute approximate surface area is 105 Å². The van der Waals surface area contributed by atoms with Gasteiger partial charge in [-0.05, 0) is 13.8 Å². The Bertz CT molecular complexity index is 355. The van der Waals surface area contributed by atoms with Crippen molar-refractivity contribution < 1.29 is 24.6 Å². The molecule has 3 N–H and O–H groups in total. The number of carboxylic acid groups (broad SMARTS) is 1.